The van der Waals surface area contributed by atoms with E-state index in [1.165, 1.54) is 0 Å². The van der Waals surface area contributed by atoms with Crippen LogP contribution >= 0.6 is 0 Å². The van der Waals surface area contributed by atoms with E-state index >= 15 is 0 Å². The number of rotatable bonds is 6. The number of ether oxygens (including phenoxy) is 5. The molecule has 3 saturated heterocycles. The Bertz CT molecular complexity index is 839. The van der Waals surface area contributed by atoms with E-state index in [1.807, 2.05) is 0 Å². The monoisotopic (exact) mass is 456 g/mol. The lowest BCUT2D eigenvalue weighted by Gasteiger charge is -2.58. The van der Waals surface area contributed by atoms with Gasteiger partial charge in [0.05, 0.1) is 17.6 Å². The molecule has 7 aliphatic rings. The van der Waals surface area contributed by atoms with E-state index in [1.54, 1.807) is 0 Å². The summed E-state index contributed by atoms with van der Waals surface area (Å²) in [5.74, 6) is -5.78. The molecule has 6 bridgehead atoms. The average Bonchev–Trinajstić information content (AvgIpc) is 3.33. The quantitative estimate of drug-likeness (QED) is 0.441. The number of esters is 3. The third-order valence-electron chi connectivity index (χ3n) is 8.28. The maximum atomic E-state index is 13.3. The smallest absolute Gasteiger partial charge is 0.376 e. The molecule has 3 aliphatic heterocycles. The van der Waals surface area contributed by atoms with Crippen molar-refractivity contribution in [3.05, 3.63) is 0 Å². The molecule has 7 unspecified atom stereocenters. The van der Waals surface area contributed by atoms with Crippen LogP contribution in [-0.4, -0.2) is 66.6 Å². The Labute approximate surface area is 183 Å². The lowest BCUT2D eigenvalue weighted by molar-refractivity contribution is -0.226. The molecule has 0 radical (unpaired) electrons. The molecule has 0 N–H and O–H groups in total. The SMILES string of the molecule is CC(F)(F)C(=O)OC1C2CC3CC1CC(OCC(=O)OC1C4CC5C(=O)OC1C5O4)(C3)C2. The van der Waals surface area contributed by atoms with Crippen LogP contribution in [-0.2, 0) is 38.1 Å². The van der Waals surface area contributed by atoms with Gasteiger partial charge in [0.2, 0.25) is 0 Å². The van der Waals surface area contributed by atoms with Gasteiger partial charge < -0.3 is 23.7 Å². The molecule has 4 saturated carbocycles. The van der Waals surface area contributed by atoms with Crippen LogP contribution in [0.5, 0.6) is 0 Å². The lowest BCUT2D eigenvalue weighted by atomic mass is 9.53. The zero-order chi connectivity index (χ0) is 22.4. The summed E-state index contributed by atoms with van der Waals surface area (Å²) in [6.07, 6.45) is 1.76. The average molecular weight is 456 g/mol. The largest absolute Gasteiger partial charge is 0.457 e. The minimum atomic E-state index is -3.51. The number of carbonyl (C=O) groups excluding carboxylic acids is 3. The van der Waals surface area contributed by atoms with E-state index in [4.69, 9.17) is 23.7 Å². The number of hydrogen-bond donors (Lipinski definition) is 0. The molecule has 0 aromatic carbocycles. The Morgan fingerprint density at radius 2 is 1.78 bits per heavy atom. The molecule has 0 spiro atoms. The molecule has 7 fully saturated rings. The molecule has 176 valence electrons. The van der Waals surface area contributed by atoms with Crippen molar-refractivity contribution in [2.45, 2.75) is 87.5 Å². The Morgan fingerprint density at radius 3 is 2.47 bits per heavy atom. The van der Waals surface area contributed by atoms with Crippen molar-refractivity contribution in [1.29, 1.82) is 0 Å². The van der Waals surface area contributed by atoms with Crippen molar-refractivity contribution in [2.75, 3.05) is 6.61 Å². The van der Waals surface area contributed by atoms with Crippen LogP contribution in [0, 0.1) is 23.7 Å². The Morgan fingerprint density at radius 1 is 1.06 bits per heavy atom. The summed E-state index contributed by atoms with van der Waals surface area (Å²) in [4.78, 5) is 36.1. The first-order valence-electron chi connectivity index (χ1n) is 11.4. The third-order valence-corrected chi connectivity index (χ3v) is 8.28. The first kappa shape index (κ1) is 20.8. The second kappa shape index (κ2) is 6.85. The molecule has 0 aromatic rings. The van der Waals surface area contributed by atoms with Crippen molar-refractivity contribution in [2.24, 2.45) is 23.7 Å². The van der Waals surface area contributed by atoms with Crippen molar-refractivity contribution in [1.82, 2.24) is 0 Å². The van der Waals surface area contributed by atoms with Crippen LogP contribution in [0.1, 0.15) is 45.4 Å². The number of alkyl halides is 2. The predicted molar refractivity (Wildman–Crippen MR) is 99.3 cm³/mol. The van der Waals surface area contributed by atoms with Gasteiger partial charge in [-0.05, 0) is 56.3 Å². The molecule has 7 atom stereocenters. The van der Waals surface area contributed by atoms with Gasteiger partial charge in [0.1, 0.15) is 18.8 Å². The topological polar surface area (TPSA) is 97.4 Å². The molecule has 4 aliphatic carbocycles. The molecule has 7 rings (SSSR count). The van der Waals surface area contributed by atoms with Gasteiger partial charge in [-0.15, -0.1) is 0 Å². The molecule has 0 amide bonds. The van der Waals surface area contributed by atoms with E-state index in [2.05, 4.69) is 0 Å². The van der Waals surface area contributed by atoms with Gasteiger partial charge in [-0.25, -0.2) is 9.59 Å². The molecular formula is C22H26F2O8. The molecule has 3 heterocycles. The van der Waals surface area contributed by atoms with Crippen LogP contribution in [0.15, 0.2) is 0 Å². The highest BCUT2D eigenvalue weighted by Crippen LogP contribution is 2.58. The number of halogens is 2. The fourth-order valence-electron chi connectivity index (χ4n) is 7.28. The highest BCUT2D eigenvalue weighted by atomic mass is 19.3. The zero-order valence-electron chi connectivity index (χ0n) is 17.7. The van der Waals surface area contributed by atoms with Gasteiger partial charge in [-0.1, -0.05) is 0 Å². The normalized spacial score (nSPS) is 47.6. The minimum absolute atomic E-state index is 0.0441. The summed E-state index contributed by atoms with van der Waals surface area (Å²) in [6.45, 7) is 0.317. The molecule has 0 aromatic heterocycles. The maximum absolute atomic E-state index is 13.3. The Hall–Kier alpha value is -1.81. The summed E-state index contributed by atoms with van der Waals surface area (Å²) in [5, 5.41) is 0. The predicted octanol–water partition coefficient (Wildman–Crippen LogP) is 1.77. The van der Waals surface area contributed by atoms with Crippen molar-refractivity contribution in [3.8, 4) is 0 Å². The summed E-state index contributed by atoms with van der Waals surface area (Å²) >= 11 is 0. The van der Waals surface area contributed by atoms with Crippen LogP contribution in [0.4, 0.5) is 8.78 Å². The second-order valence-electron chi connectivity index (χ2n) is 10.5. The number of fused-ring (bicyclic) bond motifs is 1. The highest BCUT2D eigenvalue weighted by Gasteiger charge is 2.65. The standard InChI is InChI=1S/C22H26F2O8/c1-21(23,24)20(27)32-15-10-2-9-3-11(15)7-22(5-9,6-10)28-8-14(25)30-17-13-4-12-16(29-13)18(17)31-19(12)26/h9-13,15-18H,2-8H2,1H3. The van der Waals surface area contributed by atoms with Gasteiger partial charge in [-0.2, -0.15) is 8.78 Å². The van der Waals surface area contributed by atoms with Gasteiger partial charge in [0, 0.05) is 6.92 Å². The van der Waals surface area contributed by atoms with Gasteiger partial charge >= 0.3 is 23.8 Å². The van der Waals surface area contributed by atoms with Crippen molar-refractivity contribution >= 4 is 17.9 Å². The van der Waals surface area contributed by atoms with Gasteiger partial charge in [-0.3, -0.25) is 4.79 Å². The minimum Gasteiger partial charge on any atom is -0.457 e. The number of carbonyl (C=O) groups is 3. The fourth-order valence-corrected chi connectivity index (χ4v) is 7.28. The molecular weight excluding hydrogens is 430 g/mol. The van der Waals surface area contributed by atoms with Crippen LogP contribution < -0.4 is 0 Å². The van der Waals surface area contributed by atoms with E-state index in [-0.39, 0.29) is 42.5 Å². The van der Waals surface area contributed by atoms with Gasteiger partial charge in [0.15, 0.2) is 12.2 Å². The Balaban J connectivity index is 1.06. The molecule has 32 heavy (non-hydrogen) atoms. The van der Waals surface area contributed by atoms with E-state index in [9.17, 15) is 23.2 Å². The van der Waals surface area contributed by atoms with Crippen LogP contribution in [0.25, 0.3) is 0 Å². The van der Waals surface area contributed by atoms with E-state index in [0.29, 0.717) is 32.1 Å². The van der Waals surface area contributed by atoms with E-state index in [0.717, 1.165) is 19.3 Å². The molecule has 10 heteroatoms. The lowest BCUT2D eigenvalue weighted by Crippen LogP contribution is -2.59. The highest BCUT2D eigenvalue weighted by molar-refractivity contribution is 5.78. The Kier molecular flexibility index (Phi) is 4.45. The first-order valence-corrected chi connectivity index (χ1v) is 11.4. The summed E-state index contributed by atoms with van der Waals surface area (Å²) in [5.41, 5.74) is -0.525. The second-order valence-corrected chi connectivity index (χ2v) is 10.5. The summed E-state index contributed by atoms with van der Waals surface area (Å²) < 4.78 is 54.6. The van der Waals surface area contributed by atoms with Crippen LogP contribution in [0.3, 0.4) is 0 Å². The fraction of sp³-hybridized carbons (Fsp3) is 0.864. The van der Waals surface area contributed by atoms with Crippen LogP contribution in [0.2, 0.25) is 0 Å². The van der Waals surface area contributed by atoms with Crippen molar-refractivity contribution in [3.63, 3.8) is 0 Å². The van der Waals surface area contributed by atoms with E-state index < -0.39 is 41.8 Å². The molecule has 8 nitrogen and oxygen atoms in total. The van der Waals surface area contributed by atoms with Gasteiger partial charge in [0.25, 0.3) is 0 Å². The number of hydrogen-bond acceptors (Lipinski definition) is 8. The third kappa shape index (κ3) is 3.16. The zero-order valence-corrected chi connectivity index (χ0v) is 17.7. The summed E-state index contributed by atoms with van der Waals surface area (Å²) in [6, 6.07) is 0. The van der Waals surface area contributed by atoms with Crippen molar-refractivity contribution < 1.29 is 46.8 Å². The maximum Gasteiger partial charge on any atom is 0.376 e. The first-order chi connectivity index (χ1) is 15.1. The summed E-state index contributed by atoms with van der Waals surface area (Å²) in [7, 11) is 0.